The van der Waals surface area contributed by atoms with Gasteiger partial charge in [-0.2, -0.15) is 0 Å². The van der Waals surface area contributed by atoms with Gasteiger partial charge in [0.15, 0.2) is 0 Å². The molecule has 76 valence electrons. The van der Waals surface area contributed by atoms with Crippen molar-refractivity contribution in [3.8, 4) is 0 Å². The van der Waals surface area contributed by atoms with Crippen molar-refractivity contribution in [3.05, 3.63) is 0 Å². The van der Waals surface area contributed by atoms with Crippen LogP contribution in [0.15, 0.2) is 0 Å². The van der Waals surface area contributed by atoms with Crippen LogP contribution in [0.2, 0.25) is 0 Å². The van der Waals surface area contributed by atoms with Crippen molar-refractivity contribution in [2.24, 2.45) is 11.3 Å². The van der Waals surface area contributed by atoms with E-state index in [1.807, 2.05) is 0 Å². The quantitative estimate of drug-likeness (QED) is 0.493. The van der Waals surface area contributed by atoms with Crippen molar-refractivity contribution in [1.82, 2.24) is 0 Å². The molecule has 1 fully saturated rings. The molecule has 0 heterocycles. The van der Waals surface area contributed by atoms with Crippen molar-refractivity contribution < 1.29 is 4.79 Å². The minimum atomic E-state index is -0.210. The molecule has 0 N–H and O–H groups in total. The maximum atomic E-state index is 11.5. The van der Waals surface area contributed by atoms with E-state index in [4.69, 9.17) is 11.6 Å². The predicted octanol–water partition coefficient (Wildman–Crippen LogP) is 3.75. The molecule has 0 aromatic heterocycles. The lowest BCUT2D eigenvalue weighted by Crippen LogP contribution is -2.33. The van der Waals surface area contributed by atoms with Gasteiger partial charge in [0, 0.05) is 5.41 Å². The zero-order valence-corrected chi connectivity index (χ0v) is 9.36. The van der Waals surface area contributed by atoms with Crippen molar-refractivity contribution in [3.63, 3.8) is 0 Å². The van der Waals surface area contributed by atoms with Gasteiger partial charge in [-0.25, -0.2) is 0 Å². The zero-order chi connectivity index (χ0) is 9.90. The highest BCUT2D eigenvalue weighted by Gasteiger charge is 2.40. The van der Waals surface area contributed by atoms with E-state index in [0.717, 1.165) is 25.7 Å². The number of hydrogen-bond donors (Lipinski definition) is 0. The first-order valence-corrected chi connectivity index (χ1v) is 5.71. The number of carbonyl (C=O) groups is 1. The summed E-state index contributed by atoms with van der Waals surface area (Å²) in [7, 11) is 0. The van der Waals surface area contributed by atoms with E-state index in [-0.39, 0.29) is 10.7 Å². The fraction of sp³-hybridized carbons (Fsp3) is 0.909. The smallest absolute Gasteiger partial charge is 0.228 e. The minimum Gasteiger partial charge on any atom is -0.281 e. The third-order valence-electron chi connectivity index (χ3n) is 3.73. The standard InChI is InChI=1S/C11H19ClO/c1-3-11(10(12)13)8-6-4-5-7-9(11)2/h9H,3-8H2,1-2H3. The van der Waals surface area contributed by atoms with Gasteiger partial charge in [-0.1, -0.05) is 33.1 Å². The van der Waals surface area contributed by atoms with Crippen LogP contribution in [-0.4, -0.2) is 5.24 Å². The maximum Gasteiger partial charge on any atom is 0.228 e. The molecule has 1 rings (SSSR count). The van der Waals surface area contributed by atoms with E-state index < -0.39 is 0 Å². The van der Waals surface area contributed by atoms with Gasteiger partial charge < -0.3 is 0 Å². The second-order valence-corrected chi connectivity index (χ2v) is 4.63. The number of carbonyl (C=O) groups excluding carboxylic acids is 1. The van der Waals surface area contributed by atoms with Crippen LogP contribution in [0.25, 0.3) is 0 Å². The number of rotatable bonds is 2. The lowest BCUT2D eigenvalue weighted by atomic mass is 9.72. The summed E-state index contributed by atoms with van der Waals surface area (Å²) in [6.45, 7) is 4.26. The van der Waals surface area contributed by atoms with Gasteiger partial charge in [0.25, 0.3) is 0 Å². The van der Waals surface area contributed by atoms with Crippen LogP contribution in [-0.2, 0) is 4.79 Å². The Kier molecular flexibility index (Phi) is 3.78. The zero-order valence-electron chi connectivity index (χ0n) is 8.61. The van der Waals surface area contributed by atoms with E-state index in [0.29, 0.717) is 5.92 Å². The number of halogens is 1. The molecule has 0 radical (unpaired) electrons. The van der Waals surface area contributed by atoms with Crippen LogP contribution in [0.4, 0.5) is 0 Å². The maximum absolute atomic E-state index is 11.5. The topological polar surface area (TPSA) is 17.1 Å². The summed E-state index contributed by atoms with van der Waals surface area (Å²) in [6, 6.07) is 0. The van der Waals surface area contributed by atoms with Crippen LogP contribution >= 0.6 is 11.6 Å². The molecule has 2 atom stereocenters. The summed E-state index contributed by atoms with van der Waals surface area (Å²) < 4.78 is 0. The van der Waals surface area contributed by atoms with Crippen LogP contribution < -0.4 is 0 Å². The molecule has 1 aliphatic carbocycles. The molecule has 1 aliphatic rings. The first kappa shape index (κ1) is 11.0. The fourth-order valence-corrected chi connectivity index (χ4v) is 2.96. The summed E-state index contributed by atoms with van der Waals surface area (Å²) in [6.07, 6.45) is 6.73. The van der Waals surface area contributed by atoms with Crippen molar-refractivity contribution in [2.75, 3.05) is 0 Å². The van der Waals surface area contributed by atoms with Gasteiger partial charge in [-0.15, -0.1) is 0 Å². The highest BCUT2D eigenvalue weighted by molar-refractivity contribution is 6.64. The molecule has 13 heavy (non-hydrogen) atoms. The molecule has 0 saturated heterocycles. The van der Waals surface area contributed by atoms with E-state index in [1.165, 1.54) is 12.8 Å². The Morgan fingerprint density at radius 1 is 1.46 bits per heavy atom. The largest absolute Gasteiger partial charge is 0.281 e. The third-order valence-corrected chi connectivity index (χ3v) is 4.10. The molecule has 0 spiro atoms. The van der Waals surface area contributed by atoms with E-state index in [1.54, 1.807) is 0 Å². The SMILES string of the molecule is CCC1(C(=O)Cl)CCCCCC1C. The molecular weight excluding hydrogens is 184 g/mol. The summed E-state index contributed by atoms with van der Waals surface area (Å²) in [5, 5.41) is -0.107. The monoisotopic (exact) mass is 202 g/mol. The minimum absolute atomic E-state index is 0.107. The van der Waals surface area contributed by atoms with Crippen LogP contribution in [0.3, 0.4) is 0 Å². The Morgan fingerprint density at radius 3 is 2.69 bits per heavy atom. The lowest BCUT2D eigenvalue weighted by molar-refractivity contribution is -0.123. The van der Waals surface area contributed by atoms with Gasteiger partial charge in [-0.05, 0) is 36.8 Å². The molecule has 0 aromatic rings. The van der Waals surface area contributed by atoms with E-state index in [2.05, 4.69) is 13.8 Å². The van der Waals surface area contributed by atoms with Gasteiger partial charge >= 0.3 is 0 Å². The average Bonchev–Trinajstić information content (AvgIpc) is 2.27. The summed E-state index contributed by atoms with van der Waals surface area (Å²) in [5.41, 5.74) is -0.210. The Morgan fingerprint density at radius 2 is 2.15 bits per heavy atom. The first-order valence-electron chi connectivity index (χ1n) is 5.33. The van der Waals surface area contributed by atoms with Crippen molar-refractivity contribution >= 4 is 16.8 Å². The van der Waals surface area contributed by atoms with Gasteiger partial charge in [0.2, 0.25) is 5.24 Å². The molecular formula is C11H19ClO. The second kappa shape index (κ2) is 4.45. The third kappa shape index (κ3) is 2.07. The summed E-state index contributed by atoms with van der Waals surface area (Å²) in [5.74, 6) is 0.463. The molecule has 0 aromatic carbocycles. The highest BCUT2D eigenvalue weighted by Crippen LogP contribution is 2.44. The molecule has 0 amide bonds. The summed E-state index contributed by atoms with van der Waals surface area (Å²) >= 11 is 5.74. The Labute approximate surface area is 85.8 Å². The second-order valence-electron chi connectivity index (χ2n) is 4.28. The Bertz CT molecular complexity index is 191. The van der Waals surface area contributed by atoms with Gasteiger partial charge in [-0.3, -0.25) is 4.79 Å². The molecule has 0 bridgehead atoms. The Balaban J connectivity index is 2.84. The Hall–Kier alpha value is -0.0400. The fourth-order valence-electron chi connectivity index (χ4n) is 2.55. The molecule has 0 aliphatic heterocycles. The van der Waals surface area contributed by atoms with Crippen LogP contribution in [0.5, 0.6) is 0 Å². The predicted molar refractivity (Wildman–Crippen MR) is 55.8 cm³/mol. The van der Waals surface area contributed by atoms with Gasteiger partial charge in [0.05, 0.1) is 0 Å². The van der Waals surface area contributed by atoms with E-state index >= 15 is 0 Å². The van der Waals surface area contributed by atoms with Crippen LogP contribution in [0, 0.1) is 11.3 Å². The van der Waals surface area contributed by atoms with Crippen LogP contribution in [0.1, 0.15) is 52.4 Å². The van der Waals surface area contributed by atoms with E-state index in [9.17, 15) is 4.79 Å². The lowest BCUT2D eigenvalue weighted by Gasteiger charge is -2.33. The molecule has 1 saturated carbocycles. The van der Waals surface area contributed by atoms with Crippen molar-refractivity contribution in [2.45, 2.75) is 52.4 Å². The van der Waals surface area contributed by atoms with Crippen molar-refractivity contribution in [1.29, 1.82) is 0 Å². The first-order chi connectivity index (χ1) is 6.13. The molecule has 1 nitrogen and oxygen atoms in total. The molecule has 2 unspecified atom stereocenters. The number of hydrogen-bond acceptors (Lipinski definition) is 1. The summed E-state index contributed by atoms with van der Waals surface area (Å²) in [4.78, 5) is 11.5. The molecule has 2 heteroatoms. The van der Waals surface area contributed by atoms with Gasteiger partial charge in [0.1, 0.15) is 0 Å². The highest BCUT2D eigenvalue weighted by atomic mass is 35.5. The normalized spacial score (nSPS) is 35.5. The average molecular weight is 203 g/mol.